The molecule has 4 rings (SSSR count). The second-order valence-electron chi connectivity index (χ2n) is 6.52. The number of pyridine rings is 1. The molecule has 0 aliphatic carbocycles. The Hall–Kier alpha value is -3.21. The third-order valence-electron chi connectivity index (χ3n) is 4.59. The minimum absolute atomic E-state index is 0.0924. The standard InChI is InChI=1S/C21H19N3O2/c1-14-7-8-18-16(11-14)17(21(26)24-10-9-22-20(25)13-24)12-19(23-18)15-5-3-2-4-6-15/h2-8,11-12H,9-10,13H2,1H3,(H,22,25). The van der Waals surface area contributed by atoms with Crippen molar-refractivity contribution in [3.8, 4) is 11.3 Å². The van der Waals surface area contributed by atoms with Gasteiger partial charge in [-0.2, -0.15) is 0 Å². The number of benzene rings is 2. The number of carbonyl (C=O) groups excluding carboxylic acids is 2. The zero-order valence-corrected chi connectivity index (χ0v) is 14.5. The van der Waals surface area contributed by atoms with E-state index in [1.807, 2.05) is 61.5 Å². The van der Waals surface area contributed by atoms with E-state index in [1.54, 1.807) is 4.90 Å². The number of piperazine rings is 1. The normalized spacial score (nSPS) is 14.3. The zero-order valence-electron chi connectivity index (χ0n) is 14.5. The van der Waals surface area contributed by atoms with Gasteiger partial charge < -0.3 is 10.2 Å². The lowest BCUT2D eigenvalue weighted by atomic mass is 10.0. The first-order chi connectivity index (χ1) is 12.6. The van der Waals surface area contributed by atoms with Crippen LogP contribution in [0.2, 0.25) is 0 Å². The van der Waals surface area contributed by atoms with Crippen LogP contribution in [0.3, 0.4) is 0 Å². The predicted octanol–water partition coefficient (Wildman–Crippen LogP) is 2.78. The van der Waals surface area contributed by atoms with Crippen molar-refractivity contribution in [3.63, 3.8) is 0 Å². The average Bonchev–Trinajstić information content (AvgIpc) is 2.67. The minimum atomic E-state index is -0.130. The molecule has 1 saturated heterocycles. The monoisotopic (exact) mass is 345 g/mol. The molecule has 2 aromatic carbocycles. The van der Waals surface area contributed by atoms with Gasteiger partial charge in [0, 0.05) is 24.0 Å². The number of hydrogen-bond donors (Lipinski definition) is 1. The number of nitrogens with zero attached hydrogens (tertiary/aromatic N) is 2. The lowest BCUT2D eigenvalue weighted by molar-refractivity contribution is -0.123. The smallest absolute Gasteiger partial charge is 0.255 e. The SMILES string of the molecule is Cc1ccc2nc(-c3ccccc3)cc(C(=O)N3CCNC(=O)C3)c2c1. The summed E-state index contributed by atoms with van der Waals surface area (Å²) in [5.74, 6) is -0.252. The van der Waals surface area contributed by atoms with Gasteiger partial charge in [0.2, 0.25) is 5.91 Å². The minimum Gasteiger partial charge on any atom is -0.353 e. The van der Waals surface area contributed by atoms with E-state index in [0.717, 1.165) is 27.7 Å². The molecule has 2 amide bonds. The van der Waals surface area contributed by atoms with E-state index in [2.05, 4.69) is 5.32 Å². The quantitative estimate of drug-likeness (QED) is 0.777. The Labute approximate surface area is 151 Å². The molecule has 1 fully saturated rings. The van der Waals surface area contributed by atoms with Crippen molar-refractivity contribution in [1.82, 2.24) is 15.2 Å². The summed E-state index contributed by atoms with van der Waals surface area (Å²) in [5.41, 5.74) is 4.15. The first-order valence-electron chi connectivity index (χ1n) is 8.64. The molecule has 0 spiro atoms. The first-order valence-corrected chi connectivity index (χ1v) is 8.64. The number of aryl methyl sites for hydroxylation is 1. The molecule has 0 bridgehead atoms. The van der Waals surface area contributed by atoms with E-state index >= 15 is 0 Å². The third kappa shape index (κ3) is 3.04. The summed E-state index contributed by atoms with van der Waals surface area (Å²) < 4.78 is 0. The van der Waals surface area contributed by atoms with Crippen LogP contribution in [0.5, 0.6) is 0 Å². The highest BCUT2D eigenvalue weighted by atomic mass is 16.2. The number of fused-ring (bicyclic) bond motifs is 1. The molecule has 1 N–H and O–H groups in total. The summed E-state index contributed by atoms with van der Waals surface area (Å²) in [6.07, 6.45) is 0. The maximum absolute atomic E-state index is 13.2. The molecule has 2 heterocycles. The van der Waals surface area contributed by atoms with Crippen LogP contribution in [-0.2, 0) is 4.79 Å². The van der Waals surface area contributed by atoms with Crippen LogP contribution in [-0.4, -0.2) is 41.3 Å². The highest BCUT2D eigenvalue weighted by Crippen LogP contribution is 2.26. The fraction of sp³-hybridized carbons (Fsp3) is 0.190. The lowest BCUT2D eigenvalue weighted by Gasteiger charge is -2.27. The summed E-state index contributed by atoms with van der Waals surface area (Å²) in [5, 5.41) is 3.58. The van der Waals surface area contributed by atoms with Crippen LogP contribution in [0.25, 0.3) is 22.2 Å². The fourth-order valence-electron chi connectivity index (χ4n) is 3.26. The van der Waals surface area contributed by atoms with Gasteiger partial charge >= 0.3 is 0 Å². The van der Waals surface area contributed by atoms with Crippen LogP contribution >= 0.6 is 0 Å². The number of rotatable bonds is 2. The lowest BCUT2D eigenvalue weighted by Crippen LogP contribution is -2.50. The molecule has 26 heavy (non-hydrogen) atoms. The first kappa shape index (κ1) is 16.3. The number of nitrogens with one attached hydrogen (secondary N) is 1. The van der Waals surface area contributed by atoms with Crippen molar-refractivity contribution in [1.29, 1.82) is 0 Å². The van der Waals surface area contributed by atoms with E-state index in [1.165, 1.54) is 0 Å². The van der Waals surface area contributed by atoms with Crippen molar-refractivity contribution < 1.29 is 9.59 Å². The molecule has 1 aliphatic heterocycles. The van der Waals surface area contributed by atoms with Crippen molar-refractivity contribution in [2.75, 3.05) is 19.6 Å². The van der Waals surface area contributed by atoms with Crippen LogP contribution < -0.4 is 5.32 Å². The zero-order chi connectivity index (χ0) is 18.1. The van der Waals surface area contributed by atoms with Gasteiger partial charge in [0.15, 0.2) is 0 Å². The van der Waals surface area contributed by atoms with Crippen LogP contribution in [0.4, 0.5) is 0 Å². The second kappa shape index (κ2) is 6.59. The van der Waals surface area contributed by atoms with Gasteiger partial charge in [0.05, 0.1) is 23.3 Å². The Balaban J connectivity index is 1.87. The number of amides is 2. The van der Waals surface area contributed by atoms with E-state index in [9.17, 15) is 9.59 Å². The highest BCUT2D eigenvalue weighted by molar-refractivity contribution is 6.08. The van der Waals surface area contributed by atoms with Gasteiger partial charge in [-0.25, -0.2) is 4.98 Å². The van der Waals surface area contributed by atoms with Crippen molar-refractivity contribution in [2.24, 2.45) is 0 Å². The van der Waals surface area contributed by atoms with E-state index in [-0.39, 0.29) is 18.4 Å². The summed E-state index contributed by atoms with van der Waals surface area (Å²) in [6.45, 7) is 3.08. The molecule has 1 aromatic heterocycles. The Morgan fingerprint density at radius 1 is 1.12 bits per heavy atom. The van der Waals surface area contributed by atoms with Gasteiger partial charge in [-0.15, -0.1) is 0 Å². The van der Waals surface area contributed by atoms with E-state index in [0.29, 0.717) is 18.7 Å². The van der Waals surface area contributed by atoms with Crippen molar-refractivity contribution >= 4 is 22.7 Å². The third-order valence-corrected chi connectivity index (χ3v) is 4.59. The molecule has 0 atom stereocenters. The summed E-state index contributed by atoms with van der Waals surface area (Å²) in [4.78, 5) is 31.2. The van der Waals surface area contributed by atoms with Crippen molar-refractivity contribution in [3.05, 3.63) is 65.7 Å². The number of hydrogen-bond acceptors (Lipinski definition) is 3. The molecule has 0 saturated carbocycles. The molecule has 0 unspecified atom stereocenters. The number of carbonyl (C=O) groups is 2. The molecule has 5 nitrogen and oxygen atoms in total. The summed E-state index contributed by atoms with van der Waals surface area (Å²) in [6, 6.07) is 17.6. The second-order valence-corrected chi connectivity index (χ2v) is 6.52. The Morgan fingerprint density at radius 2 is 1.92 bits per heavy atom. The van der Waals surface area contributed by atoms with Gasteiger partial charge in [-0.05, 0) is 25.1 Å². The van der Waals surface area contributed by atoms with Crippen molar-refractivity contribution in [2.45, 2.75) is 6.92 Å². The van der Waals surface area contributed by atoms with E-state index in [4.69, 9.17) is 4.98 Å². The molecule has 130 valence electrons. The van der Waals surface area contributed by atoms with Crippen LogP contribution in [0.1, 0.15) is 15.9 Å². The predicted molar refractivity (Wildman–Crippen MR) is 101 cm³/mol. The largest absolute Gasteiger partial charge is 0.353 e. The fourth-order valence-corrected chi connectivity index (χ4v) is 3.26. The molecule has 3 aromatic rings. The highest BCUT2D eigenvalue weighted by Gasteiger charge is 2.24. The molecule has 5 heteroatoms. The van der Waals surface area contributed by atoms with E-state index < -0.39 is 0 Å². The molecule has 1 aliphatic rings. The van der Waals surface area contributed by atoms with Gasteiger partial charge in [-0.1, -0.05) is 42.0 Å². The summed E-state index contributed by atoms with van der Waals surface area (Å²) >= 11 is 0. The maximum Gasteiger partial charge on any atom is 0.255 e. The summed E-state index contributed by atoms with van der Waals surface area (Å²) in [7, 11) is 0. The van der Waals surface area contributed by atoms with Crippen LogP contribution in [0.15, 0.2) is 54.6 Å². The Kier molecular flexibility index (Phi) is 4.13. The van der Waals surface area contributed by atoms with Gasteiger partial charge in [0.25, 0.3) is 5.91 Å². The molecule has 0 radical (unpaired) electrons. The molecular formula is C21H19N3O2. The number of aromatic nitrogens is 1. The topological polar surface area (TPSA) is 62.3 Å². The van der Waals surface area contributed by atoms with Crippen LogP contribution in [0, 0.1) is 6.92 Å². The Bertz CT molecular complexity index is 999. The maximum atomic E-state index is 13.2. The average molecular weight is 345 g/mol. The van der Waals surface area contributed by atoms with Gasteiger partial charge in [0.1, 0.15) is 0 Å². The Morgan fingerprint density at radius 3 is 2.69 bits per heavy atom. The molecular weight excluding hydrogens is 326 g/mol. The van der Waals surface area contributed by atoms with Gasteiger partial charge in [-0.3, -0.25) is 9.59 Å².